The van der Waals surface area contributed by atoms with Gasteiger partial charge in [0.25, 0.3) is 5.56 Å². The lowest BCUT2D eigenvalue weighted by Gasteiger charge is -2.27. The van der Waals surface area contributed by atoms with E-state index in [0.29, 0.717) is 11.3 Å². The summed E-state index contributed by atoms with van der Waals surface area (Å²) in [6, 6.07) is 2.13. The van der Waals surface area contributed by atoms with E-state index in [4.69, 9.17) is 12.2 Å². The molecule has 4 nitrogen and oxygen atoms in total. The number of aromatic nitrogens is 2. The van der Waals surface area contributed by atoms with Gasteiger partial charge in [-0.25, -0.2) is 0 Å². The molecule has 7 heteroatoms. The maximum Gasteiger partial charge on any atom is 0.256 e. The summed E-state index contributed by atoms with van der Waals surface area (Å²) in [6.45, 7) is 2.49. The van der Waals surface area contributed by atoms with E-state index in [1.54, 1.807) is 11.3 Å². The average Bonchev–Trinajstić information content (AvgIpc) is 2.75. The maximum absolute atomic E-state index is 11.9. The molecule has 3 heterocycles. The number of nitrogens with one attached hydrogen (secondary N) is 2. The molecule has 0 spiro atoms. The van der Waals surface area contributed by atoms with Crippen molar-refractivity contribution in [1.29, 1.82) is 0 Å². The Bertz CT molecular complexity index is 718. The number of hydrogen-bond donors (Lipinski definition) is 2. The zero-order valence-electron chi connectivity index (χ0n) is 10.0. The molecule has 2 N–H and O–H groups in total. The summed E-state index contributed by atoms with van der Waals surface area (Å²) in [7, 11) is 0. The summed E-state index contributed by atoms with van der Waals surface area (Å²) in [6.07, 6.45) is 0.843. The van der Waals surface area contributed by atoms with Crippen LogP contribution in [0.5, 0.6) is 0 Å². The van der Waals surface area contributed by atoms with Gasteiger partial charge < -0.3 is 4.98 Å². The molecule has 0 saturated heterocycles. The lowest BCUT2D eigenvalue weighted by Crippen LogP contribution is -2.35. The molecular formula is C12H12BrN3OS2. The predicted molar refractivity (Wildman–Crippen MR) is 82.1 cm³/mol. The number of hydrogen-bond acceptors (Lipinski definition) is 4. The van der Waals surface area contributed by atoms with Crippen LogP contribution in [0, 0.1) is 4.77 Å². The van der Waals surface area contributed by atoms with Crippen molar-refractivity contribution in [3.63, 3.8) is 0 Å². The van der Waals surface area contributed by atoms with Gasteiger partial charge in [0.15, 0.2) is 4.77 Å². The van der Waals surface area contributed by atoms with Crippen LogP contribution in [0.4, 0.5) is 0 Å². The summed E-state index contributed by atoms with van der Waals surface area (Å²) < 4.78 is 1.53. The van der Waals surface area contributed by atoms with Crippen LogP contribution in [-0.4, -0.2) is 21.4 Å². The third-order valence-electron chi connectivity index (χ3n) is 3.19. The fraction of sp³-hybridized carbons (Fsp3) is 0.333. The minimum atomic E-state index is -0.0594. The molecular weight excluding hydrogens is 346 g/mol. The molecule has 3 rings (SSSR count). The van der Waals surface area contributed by atoms with Gasteiger partial charge in [-0.3, -0.25) is 14.7 Å². The second kappa shape index (κ2) is 5.32. The van der Waals surface area contributed by atoms with E-state index >= 15 is 0 Å². The van der Waals surface area contributed by atoms with Crippen LogP contribution in [0.1, 0.15) is 16.1 Å². The molecule has 0 aliphatic carbocycles. The molecule has 0 unspecified atom stereocenters. The van der Waals surface area contributed by atoms with E-state index in [2.05, 4.69) is 42.2 Å². The number of thiophene rings is 1. The highest BCUT2D eigenvalue weighted by atomic mass is 79.9. The van der Waals surface area contributed by atoms with Gasteiger partial charge >= 0.3 is 0 Å². The van der Waals surface area contributed by atoms with Gasteiger partial charge in [0.05, 0.1) is 5.56 Å². The summed E-state index contributed by atoms with van der Waals surface area (Å²) >= 11 is 10.2. The first-order valence-corrected chi connectivity index (χ1v) is 7.99. The molecule has 0 saturated carbocycles. The largest absolute Gasteiger partial charge is 0.335 e. The number of rotatable bonds is 2. The topological polar surface area (TPSA) is 51.9 Å². The SMILES string of the molecule is O=c1[nH]c(=S)[nH]c2c1CN(Cc1cc(Br)cs1)CC2. The number of fused-ring (bicyclic) bond motifs is 1. The fourth-order valence-corrected chi connectivity index (χ4v) is 4.01. The lowest BCUT2D eigenvalue weighted by atomic mass is 10.1. The van der Waals surface area contributed by atoms with Gasteiger partial charge in [-0.15, -0.1) is 11.3 Å². The Morgan fingerprint density at radius 3 is 3.05 bits per heavy atom. The van der Waals surface area contributed by atoms with Crippen LogP contribution in [0.25, 0.3) is 0 Å². The highest BCUT2D eigenvalue weighted by Gasteiger charge is 2.20. The van der Waals surface area contributed by atoms with Crippen LogP contribution in [-0.2, 0) is 19.5 Å². The molecule has 19 heavy (non-hydrogen) atoms. The minimum absolute atomic E-state index is 0.0594. The van der Waals surface area contributed by atoms with Crippen molar-refractivity contribution in [3.8, 4) is 0 Å². The van der Waals surface area contributed by atoms with Crippen LogP contribution in [0.15, 0.2) is 20.7 Å². The normalized spacial score (nSPS) is 15.4. The summed E-state index contributed by atoms with van der Waals surface area (Å²) in [5.41, 5.74) is 1.74. The van der Waals surface area contributed by atoms with Crippen molar-refractivity contribution in [2.24, 2.45) is 0 Å². The third-order valence-corrected chi connectivity index (χ3v) is 5.08. The van der Waals surface area contributed by atoms with Gasteiger partial charge in [-0.05, 0) is 34.2 Å². The van der Waals surface area contributed by atoms with Gasteiger partial charge in [-0.1, -0.05) is 0 Å². The smallest absolute Gasteiger partial charge is 0.256 e. The molecule has 0 bridgehead atoms. The molecule has 0 fully saturated rings. The first-order chi connectivity index (χ1) is 9.11. The summed E-state index contributed by atoms with van der Waals surface area (Å²) in [5, 5.41) is 2.08. The van der Waals surface area contributed by atoms with E-state index in [0.717, 1.165) is 35.2 Å². The van der Waals surface area contributed by atoms with E-state index in [9.17, 15) is 4.79 Å². The van der Waals surface area contributed by atoms with Crippen molar-refractivity contribution >= 4 is 39.5 Å². The highest BCUT2D eigenvalue weighted by Crippen LogP contribution is 2.23. The zero-order chi connectivity index (χ0) is 13.4. The first-order valence-electron chi connectivity index (χ1n) is 5.91. The number of H-pyrrole nitrogens is 2. The Labute approximate surface area is 127 Å². The summed E-state index contributed by atoms with van der Waals surface area (Å²) in [5.74, 6) is 0. The van der Waals surface area contributed by atoms with Crippen molar-refractivity contribution in [2.75, 3.05) is 6.54 Å². The second-order valence-corrected chi connectivity index (χ2v) is 6.88. The van der Waals surface area contributed by atoms with Crippen molar-refractivity contribution in [3.05, 3.63) is 47.2 Å². The van der Waals surface area contributed by atoms with Gasteiger partial charge in [-0.2, -0.15) is 0 Å². The van der Waals surface area contributed by atoms with Crippen molar-refractivity contribution in [2.45, 2.75) is 19.5 Å². The van der Waals surface area contributed by atoms with Crippen molar-refractivity contribution in [1.82, 2.24) is 14.9 Å². The number of aromatic amines is 2. The molecule has 2 aromatic rings. The first kappa shape index (κ1) is 13.2. The molecule has 0 atom stereocenters. The van der Waals surface area contributed by atoms with Gasteiger partial charge in [0.2, 0.25) is 0 Å². The van der Waals surface area contributed by atoms with E-state index in [1.165, 1.54) is 4.88 Å². The second-order valence-electron chi connectivity index (χ2n) is 4.56. The van der Waals surface area contributed by atoms with E-state index in [1.807, 2.05) is 0 Å². The van der Waals surface area contributed by atoms with Crippen LogP contribution in [0.2, 0.25) is 0 Å². The molecule has 2 aromatic heterocycles. The fourth-order valence-electron chi connectivity index (χ4n) is 2.30. The highest BCUT2D eigenvalue weighted by molar-refractivity contribution is 9.10. The predicted octanol–water partition coefficient (Wildman–Crippen LogP) is 2.81. The Hall–Kier alpha value is -0.760. The molecule has 1 aliphatic rings. The van der Waals surface area contributed by atoms with Crippen LogP contribution >= 0.6 is 39.5 Å². The van der Waals surface area contributed by atoms with E-state index in [-0.39, 0.29) is 5.56 Å². The maximum atomic E-state index is 11.9. The van der Waals surface area contributed by atoms with Crippen molar-refractivity contribution < 1.29 is 0 Å². The molecule has 0 aromatic carbocycles. The Morgan fingerprint density at radius 1 is 1.47 bits per heavy atom. The average molecular weight is 358 g/mol. The monoisotopic (exact) mass is 357 g/mol. The van der Waals surface area contributed by atoms with Gasteiger partial charge in [0.1, 0.15) is 0 Å². The van der Waals surface area contributed by atoms with Crippen LogP contribution < -0.4 is 5.56 Å². The third kappa shape index (κ3) is 2.89. The Kier molecular flexibility index (Phi) is 3.70. The molecule has 0 radical (unpaired) electrons. The quantitative estimate of drug-likeness (QED) is 0.812. The van der Waals surface area contributed by atoms with Gasteiger partial charge in [0, 0.05) is 46.5 Å². The Balaban J connectivity index is 1.82. The molecule has 0 amide bonds. The number of halogens is 1. The molecule has 100 valence electrons. The van der Waals surface area contributed by atoms with E-state index < -0.39 is 0 Å². The van der Waals surface area contributed by atoms with Crippen LogP contribution in [0.3, 0.4) is 0 Å². The standard InChI is InChI=1S/C12H12BrN3OS2/c13-7-3-8(19-6-7)4-16-2-1-10-9(5-16)11(17)15-12(18)14-10/h3,6H,1-2,4-5H2,(H2,14,15,17,18). The minimum Gasteiger partial charge on any atom is -0.335 e. The molecule has 1 aliphatic heterocycles. The Morgan fingerprint density at radius 2 is 2.32 bits per heavy atom. The lowest BCUT2D eigenvalue weighted by molar-refractivity contribution is 0.243. The summed E-state index contributed by atoms with van der Waals surface area (Å²) in [4.78, 5) is 21.2. The zero-order valence-corrected chi connectivity index (χ0v) is 13.3. The number of nitrogens with zero attached hydrogens (tertiary/aromatic N) is 1.